The number of ether oxygens (including phenoxy) is 1. The molecule has 4 aromatic heterocycles. The number of pyridine rings is 1. The van der Waals surface area contributed by atoms with Crippen molar-refractivity contribution in [2.45, 2.75) is 44.0 Å². The smallest absolute Gasteiger partial charge is 0.451 e. The Labute approximate surface area is 193 Å². The first-order valence-electron chi connectivity index (χ1n) is 10.9. The van der Waals surface area contributed by atoms with Gasteiger partial charge in [0.15, 0.2) is 0 Å². The predicted octanol–water partition coefficient (Wildman–Crippen LogP) is 4.25. The number of hydrogen-bond acceptors (Lipinski definition) is 7. The Morgan fingerprint density at radius 2 is 1.91 bits per heavy atom. The number of rotatable bonds is 5. The molecule has 0 spiro atoms. The third-order valence-electron chi connectivity index (χ3n) is 5.99. The van der Waals surface area contributed by atoms with Gasteiger partial charge in [-0.15, -0.1) is 0 Å². The van der Waals surface area contributed by atoms with E-state index in [0.717, 1.165) is 47.0 Å². The number of alkyl halides is 3. The van der Waals surface area contributed by atoms with Crippen LogP contribution in [-0.4, -0.2) is 47.7 Å². The highest BCUT2D eigenvalue weighted by molar-refractivity contribution is 5.93. The molecule has 4 aromatic rings. The van der Waals surface area contributed by atoms with Gasteiger partial charge in [-0.05, 0) is 25.7 Å². The number of halogens is 3. The quantitative estimate of drug-likeness (QED) is 0.464. The predicted molar refractivity (Wildman–Crippen MR) is 118 cm³/mol. The molecule has 0 radical (unpaired) electrons. The topological polar surface area (TPSA) is 95.6 Å². The van der Waals surface area contributed by atoms with E-state index < -0.39 is 12.0 Å². The lowest BCUT2D eigenvalue weighted by atomic mass is 9.93. The number of aryl methyl sites for hydroxylation is 1. The first-order chi connectivity index (χ1) is 16.3. The summed E-state index contributed by atoms with van der Waals surface area (Å²) in [6.07, 6.45) is 4.62. The Kier molecular flexibility index (Phi) is 5.58. The van der Waals surface area contributed by atoms with Crippen molar-refractivity contribution in [2.75, 3.05) is 12.4 Å². The normalized spacial score (nSPS) is 18.9. The van der Waals surface area contributed by atoms with E-state index in [1.165, 1.54) is 6.07 Å². The molecule has 1 saturated carbocycles. The zero-order valence-electron chi connectivity index (χ0n) is 18.6. The van der Waals surface area contributed by atoms with E-state index >= 15 is 0 Å². The van der Waals surface area contributed by atoms with Crippen LogP contribution in [0, 0.1) is 0 Å². The molecule has 0 atom stereocenters. The van der Waals surface area contributed by atoms with E-state index in [4.69, 9.17) is 9.84 Å². The molecule has 0 unspecified atom stereocenters. The molecule has 1 fully saturated rings. The number of anilines is 1. The maximum absolute atomic E-state index is 12.9. The van der Waals surface area contributed by atoms with Gasteiger partial charge < -0.3 is 10.1 Å². The summed E-state index contributed by atoms with van der Waals surface area (Å²) in [4.78, 5) is 11.3. The van der Waals surface area contributed by atoms with E-state index in [9.17, 15) is 13.2 Å². The van der Waals surface area contributed by atoms with Crippen LogP contribution in [0.5, 0.6) is 5.88 Å². The van der Waals surface area contributed by atoms with Gasteiger partial charge in [0.2, 0.25) is 11.7 Å². The van der Waals surface area contributed by atoms with E-state index in [-0.39, 0.29) is 18.0 Å². The summed E-state index contributed by atoms with van der Waals surface area (Å²) < 4.78 is 48.2. The molecule has 9 nitrogen and oxygen atoms in total. The van der Waals surface area contributed by atoms with Gasteiger partial charge in [0.05, 0.1) is 17.8 Å². The lowest BCUT2D eigenvalue weighted by Crippen LogP contribution is -2.27. The van der Waals surface area contributed by atoms with E-state index in [1.54, 1.807) is 10.9 Å². The van der Waals surface area contributed by atoms with Crippen LogP contribution in [0.15, 0.2) is 36.9 Å². The Morgan fingerprint density at radius 3 is 2.59 bits per heavy atom. The molecule has 0 aromatic carbocycles. The average Bonchev–Trinajstić information content (AvgIpc) is 3.42. The minimum absolute atomic E-state index is 0.0566. The summed E-state index contributed by atoms with van der Waals surface area (Å²) >= 11 is 0. The molecule has 34 heavy (non-hydrogen) atoms. The number of fused-ring (bicyclic) bond motifs is 1. The third-order valence-corrected chi connectivity index (χ3v) is 5.99. The summed E-state index contributed by atoms with van der Waals surface area (Å²) in [5.41, 5.74) is 2.69. The lowest BCUT2D eigenvalue weighted by molar-refractivity contribution is -0.145. The van der Waals surface area contributed by atoms with Crippen molar-refractivity contribution >= 4 is 16.7 Å². The fourth-order valence-corrected chi connectivity index (χ4v) is 4.33. The summed E-state index contributed by atoms with van der Waals surface area (Å²) in [6.45, 7) is 0. The maximum atomic E-state index is 12.9. The van der Waals surface area contributed by atoms with Gasteiger partial charge in [0.1, 0.15) is 17.6 Å². The van der Waals surface area contributed by atoms with Crippen molar-refractivity contribution in [3.05, 3.63) is 42.7 Å². The fourth-order valence-electron chi connectivity index (χ4n) is 4.33. The van der Waals surface area contributed by atoms with Gasteiger partial charge in [0, 0.05) is 55.8 Å². The zero-order chi connectivity index (χ0) is 23.9. The molecule has 0 bridgehead atoms. The minimum Gasteiger partial charge on any atom is -0.474 e. The molecule has 5 rings (SSSR count). The monoisotopic (exact) mass is 472 g/mol. The van der Waals surface area contributed by atoms with Crippen molar-refractivity contribution in [1.82, 2.24) is 34.5 Å². The summed E-state index contributed by atoms with van der Waals surface area (Å²) in [5.74, 6) is -0.509. The minimum atomic E-state index is -4.61. The Hall–Kier alpha value is -3.70. The van der Waals surface area contributed by atoms with Gasteiger partial charge in [0.25, 0.3) is 0 Å². The van der Waals surface area contributed by atoms with Crippen LogP contribution in [0.4, 0.5) is 19.0 Å². The Balaban J connectivity index is 1.37. The molecule has 0 aliphatic heterocycles. The Bertz CT molecular complexity index is 1310. The molecule has 0 saturated heterocycles. The van der Waals surface area contributed by atoms with Gasteiger partial charge in [-0.3, -0.25) is 9.36 Å². The van der Waals surface area contributed by atoms with E-state index in [1.807, 2.05) is 37.2 Å². The second-order valence-electron chi connectivity index (χ2n) is 8.30. The van der Waals surface area contributed by atoms with Crippen LogP contribution in [0.2, 0.25) is 0 Å². The van der Waals surface area contributed by atoms with Gasteiger partial charge in [-0.1, -0.05) is 0 Å². The van der Waals surface area contributed by atoms with E-state index in [0.29, 0.717) is 12.8 Å². The average molecular weight is 472 g/mol. The molecular weight excluding hydrogens is 449 g/mol. The van der Waals surface area contributed by atoms with Crippen molar-refractivity contribution in [3.8, 4) is 17.1 Å². The van der Waals surface area contributed by atoms with Gasteiger partial charge >= 0.3 is 6.18 Å². The molecular formula is C22H23F3N8O. The first-order valence-corrected chi connectivity index (χ1v) is 10.9. The Morgan fingerprint density at radius 1 is 1.12 bits per heavy atom. The summed E-state index contributed by atoms with van der Waals surface area (Å²) in [6, 6.07) is 3.45. The highest BCUT2D eigenvalue weighted by Crippen LogP contribution is 2.36. The summed E-state index contributed by atoms with van der Waals surface area (Å²) in [7, 11) is 3.67. The maximum Gasteiger partial charge on any atom is 0.451 e. The van der Waals surface area contributed by atoms with Crippen LogP contribution < -0.4 is 10.1 Å². The van der Waals surface area contributed by atoms with Crippen LogP contribution >= 0.6 is 0 Å². The molecule has 12 heteroatoms. The number of nitrogens with zero attached hydrogens (tertiary/aromatic N) is 7. The largest absolute Gasteiger partial charge is 0.474 e. The molecule has 0 amide bonds. The number of hydrogen-bond donors (Lipinski definition) is 1. The fraction of sp³-hybridized carbons (Fsp3) is 0.409. The first kappa shape index (κ1) is 22.1. The molecule has 1 aliphatic rings. The van der Waals surface area contributed by atoms with Crippen molar-refractivity contribution < 1.29 is 17.9 Å². The number of aromatic nitrogens is 7. The zero-order valence-corrected chi connectivity index (χ0v) is 18.6. The van der Waals surface area contributed by atoms with Crippen LogP contribution in [0.1, 0.15) is 37.5 Å². The summed E-state index contributed by atoms with van der Waals surface area (Å²) in [5, 5.41) is 13.2. The van der Waals surface area contributed by atoms with Gasteiger partial charge in [-0.25, -0.2) is 9.97 Å². The second-order valence-corrected chi connectivity index (χ2v) is 8.30. The van der Waals surface area contributed by atoms with Crippen LogP contribution in [0.3, 0.4) is 0 Å². The van der Waals surface area contributed by atoms with Crippen LogP contribution in [0.25, 0.3) is 22.2 Å². The van der Waals surface area contributed by atoms with E-state index in [2.05, 4.69) is 25.4 Å². The molecule has 178 valence electrons. The van der Waals surface area contributed by atoms with Crippen molar-refractivity contribution in [1.29, 1.82) is 0 Å². The lowest BCUT2D eigenvalue weighted by Gasteiger charge is -2.29. The second kappa shape index (κ2) is 8.58. The highest BCUT2D eigenvalue weighted by atomic mass is 19.4. The van der Waals surface area contributed by atoms with Crippen LogP contribution in [-0.2, 0) is 13.2 Å². The van der Waals surface area contributed by atoms with Crippen molar-refractivity contribution in [2.24, 2.45) is 7.05 Å². The molecule has 4 heterocycles. The number of nitrogens with one attached hydrogen (secondary N) is 1. The van der Waals surface area contributed by atoms with Gasteiger partial charge in [-0.2, -0.15) is 28.4 Å². The highest BCUT2D eigenvalue weighted by Gasteiger charge is 2.35. The molecule has 1 aliphatic carbocycles. The SMILES string of the molecule is CNc1cc2c(cn1)c(-c1cnn(C)c1)nn2[C@H]1CC[C@@H](Oc2ccnc(C(F)(F)F)n2)CC1. The molecule has 1 N–H and O–H groups in total. The standard InChI is InChI=1S/C22H23F3N8O/c1-26-18-9-17-16(11-28-18)20(13-10-29-32(2)12-13)31-33(17)14-3-5-15(6-4-14)34-19-7-8-27-21(30-19)22(23,24)25/h7-12,14-15H,3-6H2,1-2H3,(H,26,28)/t14-,15+. The van der Waals surface area contributed by atoms with Crippen molar-refractivity contribution in [3.63, 3.8) is 0 Å². The third kappa shape index (κ3) is 4.27.